The van der Waals surface area contributed by atoms with Gasteiger partial charge >= 0.3 is 6.09 Å². The van der Waals surface area contributed by atoms with Crippen molar-refractivity contribution in [3.05, 3.63) is 35.9 Å². The van der Waals surface area contributed by atoms with Gasteiger partial charge in [-0.2, -0.15) is 0 Å². The normalized spacial score (nSPS) is 16.5. The fourth-order valence-corrected chi connectivity index (χ4v) is 2.79. The highest BCUT2D eigenvalue weighted by Gasteiger charge is 2.24. The first-order valence-corrected chi connectivity index (χ1v) is 8.72. The maximum absolute atomic E-state index is 12.2. The zero-order chi connectivity index (χ0) is 18.9. The van der Waals surface area contributed by atoms with Crippen LogP contribution >= 0.6 is 0 Å². The predicted molar refractivity (Wildman–Crippen MR) is 96.0 cm³/mol. The summed E-state index contributed by atoms with van der Waals surface area (Å²) < 4.78 is 5.11. The molecule has 1 aliphatic heterocycles. The van der Waals surface area contributed by atoms with Gasteiger partial charge in [0, 0.05) is 19.1 Å². The minimum absolute atomic E-state index is 0.0243. The number of carbonyl (C=O) groups excluding carboxylic acids is 3. The van der Waals surface area contributed by atoms with Crippen molar-refractivity contribution in [3.8, 4) is 0 Å². The first-order chi connectivity index (χ1) is 12.4. The number of amides is 3. The summed E-state index contributed by atoms with van der Waals surface area (Å²) in [6.07, 6.45) is 0.849. The van der Waals surface area contributed by atoms with Gasteiger partial charge in [0.1, 0.15) is 12.6 Å². The third-order valence-electron chi connectivity index (χ3n) is 4.25. The molecule has 0 unspecified atom stereocenters. The molecule has 0 saturated carbocycles. The van der Waals surface area contributed by atoms with Crippen LogP contribution in [0.2, 0.25) is 0 Å². The number of alkyl carbamates (subject to hydrolysis) is 1. The first kappa shape index (κ1) is 19.7. The molecular weight excluding hydrogens is 336 g/mol. The zero-order valence-electron chi connectivity index (χ0n) is 14.9. The molecule has 0 radical (unpaired) electrons. The summed E-state index contributed by atoms with van der Waals surface area (Å²) in [6, 6.07) is 8.65. The molecule has 3 amide bonds. The third-order valence-corrected chi connectivity index (χ3v) is 4.25. The summed E-state index contributed by atoms with van der Waals surface area (Å²) in [6.45, 7) is 3.41. The van der Waals surface area contributed by atoms with Crippen LogP contribution < -0.4 is 16.4 Å². The van der Waals surface area contributed by atoms with Gasteiger partial charge in [0.25, 0.3) is 0 Å². The van der Waals surface area contributed by atoms with Crippen LogP contribution in [0.5, 0.6) is 0 Å². The van der Waals surface area contributed by atoms with Crippen LogP contribution in [0.3, 0.4) is 0 Å². The molecule has 0 aromatic heterocycles. The highest BCUT2D eigenvalue weighted by atomic mass is 16.5. The number of likely N-dealkylation sites (tertiary alicyclic amines) is 1. The van der Waals surface area contributed by atoms with E-state index in [1.165, 1.54) is 0 Å². The Morgan fingerprint density at radius 1 is 1.23 bits per heavy atom. The van der Waals surface area contributed by atoms with E-state index in [9.17, 15) is 14.4 Å². The van der Waals surface area contributed by atoms with Crippen molar-refractivity contribution in [1.82, 2.24) is 15.5 Å². The van der Waals surface area contributed by atoms with Crippen LogP contribution in [0.1, 0.15) is 25.3 Å². The van der Waals surface area contributed by atoms with E-state index < -0.39 is 12.1 Å². The zero-order valence-corrected chi connectivity index (χ0v) is 14.9. The smallest absolute Gasteiger partial charge is 0.408 e. The number of hydrogen-bond acceptors (Lipinski definition) is 5. The van der Waals surface area contributed by atoms with Gasteiger partial charge in [-0.05, 0) is 25.3 Å². The molecule has 8 nitrogen and oxygen atoms in total. The number of hydrogen-bond donors (Lipinski definition) is 3. The molecule has 26 heavy (non-hydrogen) atoms. The average molecular weight is 362 g/mol. The SMILES string of the molecule is C[C@H](NC(=O)OCc1ccccc1)C(=O)NC1CCN(CC(N)=O)CC1. The number of ether oxygens (including phenoxy) is 1. The van der Waals surface area contributed by atoms with E-state index in [1.807, 2.05) is 35.2 Å². The molecule has 2 rings (SSSR count). The van der Waals surface area contributed by atoms with Crippen LogP contribution in [0, 0.1) is 0 Å². The number of rotatable bonds is 7. The lowest BCUT2D eigenvalue weighted by Gasteiger charge is -2.32. The molecule has 4 N–H and O–H groups in total. The van der Waals surface area contributed by atoms with Crippen molar-refractivity contribution in [2.75, 3.05) is 19.6 Å². The summed E-state index contributed by atoms with van der Waals surface area (Å²) in [5, 5.41) is 5.45. The molecule has 1 aliphatic rings. The maximum atomic E-state index is 12.2. The van der Waals surface area contributed by atoms with Gasteiger partial charge in [-0.25, -0.2) is 4.79 Å². The van der Waals surface area contributed by atoms with E-state index in [1.54, 1.807) is 6.92 Å². The molecule has 142 valence electrons. The molecule has 0 aliphatic carbocycles. The van der Waals surface area contributed by atoms with Crippen molar-refractivity contribution in [3.63, 3.8) is 0 Å². The number of carbonyl (C=O) groups is 3. The third kappa shape index (κ3) is 6.72. The lowest BCUT2D eigenvalue weighted by Crippen LogP contribution is -2.51. The molecule has 1 aromatic rings. The summed E-state index contributed by atoms with van der Waals surface area (Å²) in [4.78, 5) is 36.9. The Hall–Kier alpha value is -2.61. The van der Waals surface area contributed by atoms with Gasteiger partial charge in [0.15, 0.2) is 0 Å². The summed E-state index contributed by atoms with van der Waals surface area (Å²) in [5.41, 5.74) is 6.06. The Morgan fingerprint density at radius 2 is 1.88 bits per heavy atom. The number of nitrogens with two attached hydrogens (primary N) is 1. The van der Waals surface area contributed by atoms with Crippen LogP contribution in [-0.4, -0.2) is 54.5 Å². The molecule has 1 fully saturated rings. The second-order valence-electron chi connectivity index (χ2n) is 6.45. The highest BCUT2D eigenvalue weighted by molar-refractivity contribution is 5.85. The Kier molecular flexibility index (Phi) is 7.40. The summed E-state index contributed by atoms with van der Waals surface area (Å²) >= 11 is 0. The van der Waals surface area contributed by atoms with Crippen LogP contribution in [0.15, 0.2) is 30.3 Å². The monoisotopic (exact) mass is 362 g/mol. The van der Waals surface area contributed by atoms with E-state index in [0.717, 1.165) is 18.4 Å². The van der Waals surface area contributed by atoms with E-state index in [2.05, 4.69) is 10.6 Å². The summed E-state index contributed by atoms with van der Waals surface area (Å²) in [5.74, 6) is -0.602. The van der Waals surface area contributed by atoms with Gasteiger partial charge < -0.3 is 21.1 Å². The van der Waals surface area contributed by atoms with Gasteiger partial charge in [0.05, 0.1) is 6.54 Å². The standard InChI is InChI=1S/C18H26N4O4/c1-13(20-18(25)26-12-14-5-3-2-4-6-14)17(24)21-15-7-9-22(10-8-15)11-16(19)23/h2-6,13,15H,7-12H2,1H3,(H2,19,23)(H,20,25)(H,21,24)/t13-/m0/s1. The molecule has 0 spiro atoms. The van der Waals surface area contributed by atoms with Crippen molar-refractivity contribution >= 4 is 17.9 Å². The quantitative estimate of drug-likeness (QED) is 0.648. The summed E-state index contributed by atoms with van der Waals surface area (Å²) in [7, 11) is 0. The van der Waals surface area contributed by atoms with Gasteiger partial charge in [-0.3, -0.25) is 14.5 Å². The number of benzene rings is 1. The van der Waals surface area contributed by atoms with Gasteiger partial charge in [0.2, 0.25) is 11.8 Å². The molecule has 1 atom stereocenters. The molecule has 0 bridgehead atoms. The molecule has 1 saturated heterocycles. The number of nitrogens with zero attached hydrogens (tertiary/aromatic N) is 1. The van der Waals surface area contributed by atoms with Crippen molar-refractivity contribution in [2.24, 2.45) is 5.73 Å². The fourth-order valence-electron chi connectivity index (χ4n) is 2.79. The van der Waals surface area contributed by atoms with Crippen molar-refractivity contribution in [2.45, 2.75) is 38.5 Å². The lowest BCUT2D eigenvalue weighted by atomic mass is 10.0. The second kappa shape index (κ2) is 9.76. The van der Waals surface area contributed by atoms with Crippen molar-refractivity contribution < 1.29 is 19.1 Å². The second-order valence-corrected chi connectivity index (χ2v) is 6.45. The minimum Gasteiger partial charge on any atom is -0.445 e. The highest BCUT2D eigenvalue weighted by Crippen LogP contribution is 2.10. The number of primary amides is 1. The van der Waals surface area contributed by atoms with Gasteiger partial charge in [-0.15, -0.1) is 0 Å². The number of nitrogens with one attached hydrogen (secondary N) is 2. The number of piperidine rings is 1. The maximum Gasteiger partial charge on any atom is 0.408 e. The van der Waals surface area contributed by atoms with Crippen LogP contribution in [-0.2, 0) is 20.9 Å². The Bertz CT molecular complexity index is 615. The molecule has 1 heterocycles. The van der Waals surface area contributed by atoms with Crippen LogP contribution in [0.25, 0.3) is 0 Å². The Balaban J connectivity index is 1.67. The van der Waals surface area contributed by atoms with Gasteiger partial charge in [-0.1, -0.05) is 30.3 Å². The average Bonchev–Trinajstić information content (AvgIpc) is 2.62. The topological polar surface area (TPSA) is 114 Å². The Morgan fingerprint density at radius 3 is 2.50 bits per heavy atom. The largest absolute Gasteiger partial charge is 0.445 e. The fraction of sp³-hybridized carbons (Fsp3) is 0.500. The predicted octanol–water partition coefficient (Wildman–Crippen LogP) is 0.367. The molecule has 1 aromatic carbocycles. The Labute approximate surface area is 153 Å². The van der Waals surface area contributed by atoms with Crippen LogP contribution in [0.4, 0.5) is 4.79 Å². The molecule has 8 heteroatoms. The van der Waals surface area contributed by atoms with E-state index in [-0.39, 0.29) is 31.0 Å². The van der Waals surface area contributed by atoms with E-state index >= 15 is 0 Å². The minimum atomic E-state index is -0.693. The van der Waals surface area contributed by atoms with E-state index in [0.29, 0.717) is 13.1 Å². The van der Waals surface area contributed by atoms with Crippen molar-refractivity contribution in [1.29, 1.82) is 0 Å². The molecular formula is C18H26N4O4. The lowest BCUT2D eigenvalue weighted by molar-refractivity contribution is -0.124. The first-order valence-electron chi connectivity index (χ1n) is 8.72. The van der Waals surface area contributed by atoms with E-state index in [4.69, 9.17) is 10.5 Å².